The lowest BCUT2D eigenvalue weighted by Gasteiger charge is -2.08. The van der Waals surface area contributed by atoms with Crippen LogP contribution >= 0.6 is 11.6 Å². The first-order valence-corrected chi connectivity index (χ1v) is 5.25. The molecule has 0 aliphatic heterocycles. The zero-order valence-electron chi connectivity index (χ0n) is 9.15. The second-order valence-electron chi connectivity index (χ2n) is 3.57. The van der Waals surface area contributed by atoms with Gasteiger partial charge in [-0.05, 0) is 12.1 Å². The fraction of sp³-hybridized carbons (Fsp3) is 0.100. The number of hydrogen-bond acceptors (Lipinski definition) is 3. The van der Waals surface area contributed by atoms with E-state index >= 15 is 0 Å². The summed E-state index contributed by atoms with van der Waals surface area (Å²) in [4.78, 5) is 14.6. The summed E-state index contributed by atoms with van der Waals surface area (Å²) in [7, 11) is 0. The minimum atomic E-state index is -4.55. The van der Waals surface area contributed by atoms with E-state index in [0.29, 0.717) is 6.07 Å². The van der Waals surface area contributed by atoms with Crippen molar-refractivity contribution in [1.82, 2.24) is 14.8 Å². The summed E-state index contributed by atoms with van der Waals surface area (Å²) in [5.41, 5.74) is 4.11. The third-order valence-electron chi connectivity index (χ3n) is 2.21. The summed E-state index contributed by atoms with van der Waals surface area (Å²) in [6.45, 7) is 0. The molecule has 0 aliphatic rings. The Morgan fingerprint density at radius 3 is 2.58 bits per heavy atom. The van der Waals surface area contributed by atoms with E-state index < -0.39 is 17.6 Å². The lowest BCUT2D eigenvalue weighted by Crippen LogP contribution is -2.10. The van der Waals surface area contributed by atoms with Crippen molar-refractivity contribution in [2.24, 2.45) is 5.73 Å². The summed E-state index contributed by atoms with van der Waals surface area (Å²) < 4.78 is 38.8. The lowest BCUT2D eigenvalue weighted by molar-refractivity contribution is -0.137. The van der Waals surface area contributed by atoms with E-state index in [1.807, 2.05) is 0 Å². The smallest absolute Gasteiger partial charge is 0.366 e. The average Bonchev–Trinajstić information content (AvgIpc) is 2.76. The number of hydrogen-bond donors (Lipinski definition) is 1. The fourth-order valence-electron chi connectivity index (χ4n) is 1.34. The van der Waals surface area contributed by atoms with Gasteiger partial charge in [0.05, 0.1) is 17.3 Å². The van der Waals surface area contributed by atoms with E-state index in [9.17, 15) is 18.0 Å². The molecule has 0 saturated carbocycles. The van der Waals surface area contributed by atoms with Crippen LogP contribution in [0, 0.1) is 0 Å². The molecule has 0 unspecified atom stereocenters. The van der Waals surface area contributed by atoms with Crippen LogP contribution in [0.1, 0.15) is 15.9 Å². The summed E-state index contributed by atoms with van der Waals surface area (Å²) in [5, 5.41) is 3.37. The molecule has 19 heavy (non-hydrogen) atoms. The van der Waals surface area contributed by atoms with Crippen LogP contribution in [0.15, 0.2) is 24.5 Å². The van der Waals surface area contributed by atoms with E-state index in [0.717, 1.165) is 16.9 Å². The van der Waals surface area contributed by atoms with Crippen LogP contribution in [-0.4, -0.2) is 20.7 Å². The summed E-state index contributed by atoms with van der Waals surface area (Å²) in [5.74, 6) is -0.906. The second kappa shape index (κ2) is 4.54. The van der Waals surface area contributed by atoms with Crippen molar-refractivity contribution in [2.75, 3.05) is 0 Å². The Labute approximate surface area is 109 Å². The molecule has 9 heteroatoms. The first kappa shape index (κ1) is 13.3. The van der Waals surface area contributed by atoms with Crippen molar-refractivity contribution in [3.8, 4) is 5.82 Å². The number of nitrogens with two attached hydrogens (primary N) is 1. The highest BCUT2D eigenvalue weighted by Gasteiger charge is 2.31. The molecule has 0 aliphatic carbocycles. The van der Waals surface area contributed by atoms with Crippen LogP contribution in [0.3, 0.4) is 0 Å². The molecule has 0 atom stereocenters. The van der Waals surface area contributed by atoms with Crippen molar-refractivity contribution in [1.29, 1.82) is 0 Å². The zero-order valence-corrected chi connectivity index (χ0v) is 9.90. The number of halogens is 4. The van der Waals surface area contributed by atoms with Crippen molar-refractivity contribution in [3.05, 3.63) is 40.8 Å². The molecule has 2 aromatic heterocycles. The van der Waals surface area contributed by atoms with Crippen molar-refractivity contribution in [2.45, 2.75) is 6.18 Å². The van der Waals surface area contributed by atoms with E-state index in [4.69, 9.17) is 17.3 Å². The number of nitrogens with zero attached hydrogens (tertiary/aromatic N) is 3. The maximum Gasteiger partial charge on any atom is 0.416 e. The predicted molar refractivity (Wildman–Crippen MR) is 59.9 cm³/mol. The van der Waals surface area contributed by atoms with Gasteiger partial charge in [0.2, 0.25) is 0 Å². The van der Waals surface area contributed by atoms with Gasteiger partial charge in [0.25, 0.3) is 5.91 Å². The molecule has 2 N–H and O–H groups in total. The number of carbonyl (C=O) groups excluding carboxylic acids is 1. The van der Waals surface area contributed by atoms with Gasteiger partial charge in [0.1, 0.15) is 5.15 Å². The van der Waals surface area contributed by atoms with Gasteiger partial charge < -0.3 is 5.73 Å². The lowest BCUT2D eigenvalue weighted by atomic mass is 10.2. The number of rotatable bonds is 2. The number of carbonyl (C=O) groups is 1. The molecule has 5 nitrogen and oxygen atoms in total. The molecular weight excluding hydrogens is 285 g/mol. The molecule has 0 radical (unpaired) electrons. The summed E-state index contributed by atoms with van der Waals surface area (Å²) in [6.07, 6.45) is -2.26. The van der Waals surface area contributed by atoms with Gasteiger partial charge in [-0.25, -0.2) is 9.67 Å². The van der Waals surface area contributed by atoms with E-state index in [1.54, 1.807) is 0 Å². The van der Waals surface area contributed by atoms with Crippen LogP contribution in [0.4, 0.5) is 13.2 Å². The highest BCUT2D eigenvalue weighted by atomic mass is 35.5. The quantitative estimate of drug-likeness (QED) is 0.860. The van der Waals surface area contributed by atoms with Gasteiger partial charge in [-0.1, -0.05) is 11.6 Å². The van der Waals surface area contributed by atoms with E-state index in [1.165, 1.54) is 6.20 Å². The monoisotopic (exact) mass is 290 g/mol. The van der Waals surface area contributed by atoms with Crippen molar-refractivity contribution in [3.63, 3.8) is 0 Å². The van der Waals surface area contributed by atoms with Crippen molar-refractivity contribution >= 4 is 17.5 Å². The molecule has 100 valence electrons. The van der Waals surface area contributed by atoms with Crippen LogP contribution in [-0.2, 0) is 6.18 Å². The van der Waals surface area contributed by atoms with Gasteiger partial charge in [0, 0.05) is 6.20 Å². The first-order chi connectivity index (χ1) is 8.77. The standard InChI is InChI=1S/C10H6ClF3N4O/c11-7-1-6(10(12,13)14)2-8(17-7)18-4-5(3-16-18)9(15)19/h1-4H,(H2,15,19). The third-order valence-corrected chi connectivity index (χ3v) is 2.40. The average molecular weight is 291 g/mol. The van der Waals surface area contributed by atoms with E-state index in [-0.39, 0.29) is 16.5 Å². The van der Waals surface area contributed by atoms with Crippen LogP contribution in [0.25, 0.3) is 5.82 Å². The number of primary amides is 1. The molecule has 0 aromatic carbocycles. The molecule has 0 fully saturated rings. The van der Waals surface area contributed by atoms with Gasteiger partial charge in [-0.2, -0.15) is 18.3 Å². The Morgan fingerprint density at radius 1 is 1.37 bits per heavy atom. The van der Waals surface area contributed by atoms with Crippen LogP contribution < -0.4 is 5.73 Å². The summed E-state index contributed by atoms with van der Waals surface area (Å²) >= 11 is 5.53. The molecule has 2 aromatic rings. The van der Waals surface area contributed by atoms with Gasteiger partial charge in [0.15, 0.2) is 5.82 Å². The molecule has 0 spiro atoms. The van der Waals surface area contributed by atoms with Gasteiger partial charge >= 0.3 is 6.18 Å². The Hall–Kier alpha value is -2.09. The molecule has 2 heterocycles. The molecular formula is C10H6ClF3N4O. The summed E-state index contributed by atoms with van der Waals surface area (Å²) in [6, 6.07) is 1.47. The SMILES string of the molecule is NC(=O)c1cnn(-c2cc(C(F)(F)F)cc(Cl)n2)c1. The number of alkyl halides is 3. The maximum atomic E-state index is 12.6. The predicted octanol–water partition coefficient (Wildman–Crippen LogP) is 2.04. The van der Waals surface area contributed by atoms with Crippen LogP contribution in [0.5, 0.6) is 0 Å². The van der Waals surface area contributed by atoms with Gasteiger partial charge in [-0.3, -0.25) is 4.79 Å². The molecule has 2 rings (SSSR count). The highest BCUT2D eigenvalue weighted by molar-refractivity contribution is 6.29. The second-order valence-corrected chi connectivity index (χ2v) is 3.96. The number of pyridine rings is 1. The highest BCUT2D eigenvalue weighted by Crippen LogP contribution is 2.31. The Kier molecular flexibility index (Phi) is 3.19. The molecule has 0 bridgehead atoms. The van der Waals surface area contributed by atoms with E-state index in [2.05, 4.69) is 10.1 Å². The number of amides is 1. The topological polar surface area (TPSA) is 73.8 Å². The minimum absolute atomic E-state index is 0.0512. The first-order valence-electron chi connectivity index (χ1n) is 4.87. The Balaban J connectivity index is 2.50. The Morgan fingerprint density at radius 2 is 2.05 bits per heavy atom. The van der Waals surface area contributed by atoms with Crippen molar-refractivity contribution < 1.29 is 18.0 Å². The fourth-order valence-corrected chi connectivity index (χ4v) is 1.54. The molecule has 1 amide bonds. The zero-order chi connectivity index (χ0) is 14.2. The third kappa shape index (κ3) is 2.84. The minimum Gasteiger partial charge on any atom is -0.366 e. The largest absolute Gasteiger partial charge is 0.416 e. The molecule has 0 saturated heterocycles. The normalized spacial score (nSPS) is 11.6. The van der Waals surface area contributed by atoms with Gasteiger partial charge in [-0.15, -0.1) is 0 Å². The Bertz CT molecular complexity index is 638. The maximum absolute atomic E-state index is 12.6. The van der Waals surface area contributed by atoms with Crippen LogP contribution in [0.2, 0.25) is 5.15 Å². The number of aromatic nitrogens is 3.